The van der Waals surface area contributed by atoms with E-state index in [1.165, 1.54) is 0 Å². The number of amides is 2. The number of piperazine rings is 1. The predicted molar refractivity (Wildman–Crippen MR) is 164 cm³/mol. The van der Waals surface area contributed by atoms with E-state index in [0.29, 0.717) is 39.1 Å². The van der Waals surface area contributed by atoms with Gasteiger partial charge in [-0.1, -0.05) is 41.4 Å². The van der Waals surface area contributed by atoms with Crippen molar-refractivity contribution in [3.63, 3.8) is 0 Å². The summed E-state index contributed by atoms with van der Waals surface area (Å²) in [5.74, 6) is 1.58. The average Bonchev–Trinajstić information content (AvgIpc) is 2.95. The highest BCUT2D eigenvalue weighted by atomic mass is 35.5. The lowest BCUT2D eigenvalue weighted by molar-refractivity contribution is 0.262. The highest BCUT2D eigenvalue weighted by Crippen LogP contribution is 2.21. The average molecular weight is 576 g/mol. The van der Waals surface area contributed by atoms with Gasteiger partial charge >= 0.3 is 6.03 Å². The summed E-state index contributed by atoms with van der Waals surface area (Å²) in [6.45, 7) is 3.52. The van der Waals surface area contributed by atoms with Gasteiger partial charge in [-0.3, -0.25) is 0 Å². The van der Waals surface area contributed by atoms with Gasteiger partial charge in [0, 0.05) is 53.3 Å². The van der Waals surface area contributed by atoms with Crippen LogP contribution in [0, 0.1) is 0 Å². The van der Waals surface area contributed by atoms with Crippen LogP contribution >= 0.6 is 23.2 Å². The van der Waals surface area contributed by atoms with E-state index in [1.807, 2.05) is 48.6 Å². The number of carbonyl (C=O) groups excluding carboxylic acids is 1. The van der Waals surface area contributed by atoms with Crippen LogP contribution in [-0.4, -0.2) is 59.1 Å². The summed E-state index contributed by atoms with van der Waals surface area (Å²) < 4.78 is 0. The lowest BCUT2D eigenvalue weighted by Gasteiger charge is -2.32. The summed E-state index contributed by atoms with van der Waals surface area (Å²) in [5, 5.41) is 10.1. The SMILES string of the molecule is CN1CCN(c2nc(/C=C/c3cccc(Cl)c3)nc(Nc3ccc(NC(=O)Nc4ccc(Cl)cc4)cc3)n2)CC1. The van der Waals surface area contributed by atoms with Crippen LogP contribution in [0.2, 0.25) is 10.0 Å². The molecule has 11 heteroatoms. The van der Waals surface area contributed by atoms with Crippen molar-refractivity contribution in [2.45, 2.75) is 0 Å². The number of aromatic nitrogens is 3. The van der Waals surface area contributed by atoms with Crippen LogP contribution in [0.15, 0.2) is 72.8 Å². The maximum Gasteiger partial charge on any atom is 0.323 e. The number of urea groups is 1. The second kappa shape index (κ2) is 12.8. The molecule has 4 aromatic rings. The van der Waals surface area contributed by atoms with E-state index in [2.05, 4.69) is 37.8 Å². The van der Waals surface area contributed by atoms with Crippen LogP contribution in [0.1, 0.15) is 11.4 Å². The van der Waals surface area contributed by atoms with Gasteiger partial charge in [0.1, 0.15) is 0 Å². The topological polar surface area (TPSA) is 98.3 Å². The van der Waals surface area contributed by atoms with Crippen molar-refractivity contribution < 1.29 is 4.79 Å². The van der Waals surface area contributed by atoms with Crippen LogP contribution in [0.5, 0.6) is 0 Å². The van der Waals surface area contributed by atoms with E-state index < -0.39 is 0 Å². The monoisotopic (exact) mass is 574 g/mol. The van der Waals surface area contributed by atoms with Gasteiger partial charge in [-0.05, 0) is 79.4 Å². The standard InChI is InChI=1S/C29H28Cl2N8O/c1-38-15-17-39(18-16-38)28-36-26(14-5-20-3-2-4-22(31)19-20)35-27(37-28)32-23-10-12-25(13-11-23)34-29(40)33-24-8-6-21(30)7-9-24/h2-14,19H,15-18H2,1H3,(H2,33,34,40)(H,32,35,36,37)/b14-5+. The Morgan fingerprint density at radius 1 is 0.775 bits per heavy atom. The van der Waals surface area contributed by atoms with Crippen molar-refractivity contribution in [1.82, 2.24) is 19.9 Å². The first-order valence-corrected chi connectivity index (χ1v) is 13.5. The Morgan fingerprint density at radius 3 is 2.10 bits per heavy atom. The van der Waals surface area contributed by atoms with Gasteiger partial charge in [0.15, 0.2) is 5.82 Å². The second-order valence-corrected chi connectivity index (χ2v) is 10.2. The van der Waals surface area contributed by atoms with Crippen LogP contribution in [0.4, 0.5) is 33.8 Å². The summed E-state index contributed by atoms with van der Waals surface area (Å²) >= 11 is 12.0. The molecule has 1 aromatic heterocycles. The molecule has 5 rings (SSSR count). The zero-order valence-electron chi connectivity index (χ0n) is 21.8. The fourth-order valence-electron chi connectivity index (χ4n) is 4.03. The molecular weight excluding hydrogens is 547 g/mol. The molecule has 3 N–H and O–H groups in total. The second-order valence-electron chi connectivity index (χ2n) is 9.28. The summed E-state index contributed by atoms with van der Waals surface area (Å²) in [6.07, 6.45) is 3.78. The summed E-state index contributed by atoms with van der Waals surface area (Å²) in [4.78, 5) is 30.8. The van der Waals surface area contributed by atoms with Crippen molar-refractivity contribution in [2.75, 3.05) is 54.1 Å². The van der Waals surface area contributed by atoms with Gasteiger partial charge in [-0.25, -0.2) is 4.79 Å². The zero-order chi connectivity index (χ0) is 27.9. The minimum Gasteiger partial charge on any atom is -0.338 e. The number of benzene rings is 3. The van der Waals surface area contributed by atoms with Gasteiger partial charge in [-0.15, -0.1) is 0 Å². The van der Waals surface area contributed by atoms with E-state index in [4.69, 9.17) is 33.2 Å². The van der Waals surface area contributed by atoms with Crippen molar-refractivity contribution >= 4 is 70.3 Å². The highest BCUT2D eigenvalue weighted by molar-refractivity contribution is 6.31. The van der Waals surface area contributed by atoms with Crippen molar-refractivity contribution in [3.8, 4) is 0 Å². The number of hydrogen-bond acceptors (Lipinski definition) is 7. The largest absolute Gasteiger partial charge is 0.338 e. The molecule has 9 nitrogen and oxygen atoms in total. The van der Waals surface area contributed by atoms with Gasteiger partial charge in [0.05, 0.1) is 0 Å². The lowest BCUT2D eigenvalue weighted by atomic mass is 10.2. The molecular formula is C29H28Cl2N8O. The first-order chi connectivity index (χ1) is 19.4. The third-order valence-electron chi connectivity index (χ3n) is 6.20. The Kier molecular flexibility index (Phi) is 8.75. The summed E-state index contributed by atoms with van der Waals surface area (Å²) in [5.41, 5.74) is 3.00. The van der Waals surface area contributed by atoms with Crippen LogP contribution in [0.25, 0.3) is 12.2 Å². The first kappa shape index (κ1) is 27.4. The van der Waals surface area contributed by atoms with E-state index in [9.17, 15) is 4.79 Å². The van der Waals surface area contributed by atoms with Gasteiger partial charge in [0.2, 0.25) is 11.9 Å². The number of nitrogens with one attached hydrogen (secondary N) is 3. The molecule has 1 saturated heterocycles. The molecule has 1 fully saturated rings. The van der Waals surface area contributed by atoms with E-state index >= 15 is 0 Å². The number of hydrogen-bond donors (Lipinski definition) is 3. The van der Waals surface area contributed by atoms with Crippen LogP contribution in [-0.2, 0) is 0 Å². The molecule has 1 aliphatic rings. The molecule has 1 aliphatic heterocycles. The third kappa shape index (κ3) is 7.69. The lowest BCUT2D eigenvalue weighted by Crippen LogP contribution is -2.45. The molecule has 0 aliphatic carbocycles. The molecule has 0 saturated carbocycles. The Bertz CT molecular complexity index is 1490. The molecule has 0 radical (unpaired) electrons. The van der Waals surface area contributed by atoms with Gasteiger partial charge in [-0.2, -0.15) is 15.0 Å². The maximum atomic E-state index is 12.4. The third-order valence-corrected chi connectivity index (χ3v) is 6.69. The number of likely N-dealkylation sites (N-methyl/N-ethyl adjacent to an activating group) is 1. The number of carbonyl (C=O) groups is 1. The van der Waals surface area contributed by atoms with Crippen molar-refractivity contribution in [1.29, 1.82) is 0 Å². The molecule has 40 heavy (non-hydrogen) atoms. The van der Waals surface area contributed by atoms with Crippen molar-refractivity contribution in [2.24, 2.45) is 0 Å². The quantitative estimate of drug-likeness (QED) is 0.232. The van der Waals surface area contributed by atoms with E-state index in [0.717, 1.165) is 37.4 Å². The fourth-order valence-corrected chi connectivity index (χ4v) is 4.36. The Morgan fingerprint density at radius 2 is 1.43 bits per heavy atom. The molecule has 2 amide bonds. The fraction of sp³-hybridized carbons (Fsp3) is 0.172. The molecule has 0 atom stereocenters. The maximum absolute atomic E-state index is 12.4. The number of anilines is 5. The Balaban J connectivity index is 1.30. The molecule has 2 heterocycles. The smallest absolute Gasteiger partial charge is 0.323 e. The van der Waals surface area contributed by atoms with Gasteiger partial charge < -0.3 is 25.8 Å². The first-order valence-electron chi connectivity index (χ1n) is 12.7. The molecule has 3 aromatic carbocycles. The highest BCUT2D eigenvalue weighted by Gasteiger charge is 2.18. The van der Waals surface area contributed by atoms with Crippen LogP contribution in [0.3, 0.4) is 0 Å². The Hall–Kier alpha value is -4.18. The normalized spacial score (nSPS) is 13.8. The van der Waals surface area contributed by atoms with Crippen molar-refractivity contribution in [3.05, 3.63) is 94.2 Å². The summed E-state index contributed by atoms with van der Waals surface area (Å²) in [7, 11) is 2.11. The zero-order valence-corrected chi connectivity index (χ0v) is 23.3. The number of halogens is 2. The molecule has 0 unspecified atom stereocenters. The number of nitrogens with zero attached hydrogens (tertiary/aromatic N) is 5. The van der Waals surface area contributed by atoms with Gasteiger partial charge in [0.25, 0.3) is 0 Å². The Labute approximate surface area is 242 Å². The van der Waals surface area contributed by atoms with Crippen LogP contribution < -0.4 is 20.9 Å². The minimum absolute atomic E-state index is 0.353. The van der Waals surface area contributed by atoms with E-state index in [1.54, 1.807) is 36.4 Å². The summed E-state index contributed by atoms with van der Waals surface area (Å²) in [6, 6.07) is 21.4. The molecule has 0 bridgehead atoms. The van der Waals surface area contributed by atoms with E-state index in [-0.39, 0.29) is 6.03 Å². The minimum atomic E-state index is -0.353. The molecule has 0 spiro atoms. The predicted octanol–water partition coefficient (Wildman–Crippen LogP) is 6.49. The molecule has 204 valence electrons. The number of rotatable bonds is 7.